The Labute approximate surface area is 180 Å². The molecule has 0 aromatic carbocycles. The van der Waals surface area contributed by atoms with Crippen LogP contribution in [0, 0.1) is 0 Å². The second-order valence-electron chi connectivity index (χ2n) is 4.92. The first kappa shape index (κ1) is 40.1. The van der Waals surface area contributed by atoms with E-state index in [-0.39, 0.29) is 68.1 Å². The highest BCUT2D eigenvalue weighted by Gasteiger charge is 2.00. The van der Waals surface area contributed by atoms with E-state index in [0.29, 0.717) is 0 Å². The van der Waals surface area contributed by atoms with Crippen molar-refractivity contribution in [2.45, 2.75) is 39.2 Å². The van der Waals surface area contributed by atoms with Crippen LogP contribution in [0.1, 0.15) is 33.1 Å². The third-order valence-corrected chi connectivity index (χ3v) is 3.01. The molecule has 24 heavy (non-hydrogen) atoms. The number of rotatable bonds is 15. The normalized spacial score (nSPS) is 10.1. The number of hydrogen-bond acceptors (Lipinski definition) is 5. The Balaban J connectivity index is -0.000000162. The highest BCUT2D eigenvalue weighted by molar-refractivity contribution is 5.86. The van der Waals surface area contributed by atoms with Gasteiger partial charge in [0.25, 0.3) is 0 Å². The molecular weight excluding hydrogens is 415 g/mol. The van der Waals surface area contributed by atoms with E-state index in [0.717, 1.165) is 58.8 Å². The lowest BCUT2D eigenvalue weighted by molar-refractivity contribution is 0.505. The predicted octanol–water partition coefficient (Wildman–Crippen LogP) is 1.99. The van der Waals surface area contributed by atoms with Crippen LogP contribution in [-0.4, -0.2) is 58.4 Å². The van der Waals surface area contributed by atoms with Crippen LogP contribution in [0.5, 0.6) is 0 Å². The largest absolute Gasteiger partial charge is 0.327 e. The Hall–Kier alpha value is 1.25. The molecule has 1 atom stereocenters. The van der Waals surface area contributed by atoms with Gasteiger partial charge >= 0.3 is 0 Å². The fourth-order valence-corrected chi connectivity index (χ4v) is 1.83. The summed E-state index contributed by atoms with van der Waals surface area (Å²) in [5, 5.41) is 13.5. The first-order valence-electron chi connectivity index (χ1n) is 7.89. The Morgan fingerprint density at radius 1 is 0.625 bits per heavy atom. The number of hydrogen-bond donors (Lipinski definition) is 5. The molecule has 5 nitrogen and oxygen atoms in total. The molecule has 0 aliphatic heterocycles. The van der Waals surface area contributed by atoms with E-state index in [4.69, 9.17) is 5.73 Å². The van der Waals surface area contributed by atoms with Crippen LogP contribution in [-0.2, 0) is 0 Å². The lowest BCUT2D eigenvalue weighted by Gasteiger charge is -2.13. The molecule has 0 amide bonds. The molecule has 0 rings (SSSR count). The standard InChI is InChI=1S/C14H35N5.5ClH/c1-3-16-8-5-10-18-12-7-14(15)13-19-11-6-9-17-4-2;;;;;/h14,16-19H,3-13,15H2,1-2H3;5*1H. The average Bonchev–Trinajstić information content (AvgIpc) is 2.41. The monoisotopic (exact) mass is 453 g/mol. The molecule has 0 heterocycles. The van der Waals surface area contributed by atoms with E-state index < -0.39 is 0 Å². The van der Waals surface area contributed by atoms with E-state index in [2.05, 4.69) is 35.1 Å². The van der Waals surface area contributed by atoms with Gasteiger partial charge in [-0.2, -0.15) is 0 Å². The summed E-state index contributed by atoms with van der Waals surface area (Å²) < 4.78 is 0. The lowest BCUT2D eigenvalue weighted by Crippen LogP contribution is -2.37. The summed E-state index contributed by atoms with van der Waals surface area (Å²) >= 11 is 0. The zero-order valence-electron chi connectivity index (χ0n) is 15.0. The maximum atomic E-state index is 6.05. The average molecular weight is 456 g/mol. The van der Waals surface area contributed by atoms with Gasteiger partial charge in [0.1, 0.15) is 0 Å². The summed E-state index contributed by atoms with van der Waals surface area (Å²) in [6.45, 7) is 12.6. The van der Waals surface area contributed by atoms with Gasteiger partial charge in [-0.25, -0.2) is 0 Å². The van der Waals surface area contributed by atoms with Gasteiger partial charge in [0, 0.05) is 12.6 Å². The molecule has 0 radical (unpaired) electrons. The Morgan fingerprint density at radius 3 is 1.50 bits per heavy atom. The first-order valence-corrected chi connectivity index (χ1v) is 7.89. The molecule has 0 spiro atoms. The van der Waals surface area contributed by atoms with Crippen LogP contribution < -0.4 is 27.0 Å². The van der Waals surface area contributed by atoms with Crippen molar-refractivity contribution in [3.63, 3.8) is 0 Å². The fraction of sp³-hybridized carbons (Fsp3) is 1.00. The van der Waals surface area contributed by atoms with E-state index in [9.17, 15) is 0 Å². The molecule has 0 saturated heterocycles. The van der Waals surface area contributed by atoms with E-state index in [1.165, 1.54) is 12.8 Å². The highest BCUT2D eigenvalue weighted by Crippen LogP contribution is 1.85. The molecule has 0 aromatic heterocycles. The smallest absolute Gasteiger partial charge is 0.0177 e. The number of nitrogens with two attached hydrogens (primary N) is 1. The Bertz CT molecular complexity index is 184. The molecule has 0 saturated carbocycles. The maximum Gasteiger partial charge on any atom is 0.0177 e. The number of nitrogens with one attached hydrogen (secondary N) is 4. The molecular formula is C14H40Cl5N5. The molecule has 0 bridgehead atoms. The van der Waals surface area contributed by atoms with Crippen molar-refractivity contribution >= 4 is 62.0 Å². The van der Waals surface area contributed by atoms with Crippen molar-refractivity contribution in [1.82, 2.24) is 21.3 Å². The zero-order chi connectivity index (χ0) is 14.2. The van der Waals surface area contributed by atoms with Gasteiger partial charge in [-0.1, -0.05) is 13.8 Å². The third kappa shape index (κ3) is 34.6. The van der Waals surface area contributed by atoms with Crippen molar-refractivity contribution < 1.29 is 0 Å². The quantitative estimate of drug-likeness (QED) is 0.244. The Kier molecular flexibility index (Phi) is 59.1. The predicted molar refractivity (Wildman–Crippen MR) is 121 cm³/mol. The van der Waals surface area contributed by atoms with Crippen molar-refractivity contribution in [2.75, 3.05) is 52.4 Å². The molecule has 6 N–H and O–H groups in total. The molecule has 0 aromatic rings. The van der Waals surface area contributed by atoms with Crippen LogP contribution in [0.3, 0.4) is 0 Å². The molecule has 0 aliphatic rings. The molecule has 156 valence electrons. The molecule has 0 aliphatic carbocycles. The minimum atomic E-state index is 0. The maximum absolute atomic E-state index is 6.05. The van der Waals surface area contributed by atoms with Crippen LogP contribution in [0.2, 0.25) is 0 Å². The third-order valence-electron chi connectivity index (χ3n) is 3.01. The van der Waals surface area contributed by atoms with Crippen molar-refractivity contribution in [3.05, 3.63) is 0 Å². The van der Waals surface area contributed by atoms with Crippen LogP contribution in [0.4, 0.5) is 0 Å². The van der Waals surface area contributed by atoms with Crippen molar-refractivity contribution in [2.24, 2.45) is 5.73 Å². The van der Waals surface area contributed by atoms with E-state index in [1.54, 1.807) is 0 Å². The second-order valence-corrected chi connectivity index (χ2v) is 4.92. The van der Waals surface area contributed by atoms with Gasteiger partial charge in [0.05, 0.1) is 0 Å². The van der Waals surface area contributed by atoms with Crippen LogP contribution in [0.25, 0.3) is 0 Å². The van der Waals surface area contributed by atoms with E-state index >= 15 is 0 Å². The Morgan fingerprint density at radius 2 is 1.04 bits per heavy atom. The van der Waals surface area contributed by atoms with Gasteiger partial charge in [-0.15, -0.1) is 62.0 Å². The molecule has 1 unspecified atom stereocenters. The first-order chi connectivity index (χ1) is 9.31. The van der Waals surface area contributed by atoms with Gasteiger partial charge in [0.15, 0.2) is 0 Å². The summed E-state index contributed by atoms with van der Waals surface area (Å²) in [6.07, 6.45) is 3.40. The topological polar surface area (TPSA) is 74.1 Å². The fourth-order valence-electron chi connectivity index (χ4n) is 1.83. The summed E-state index contributed by atoms with van der Waals surface area (Å²) in [7, 11) is 0. The minimum absolute atomic E-state index is 0. The summed E-state index contributed by atoms with van der Waals surface area (Å²) in [5.41, 5.74) is 6.05. The van der Waals surface area contributed by atoms with Crippen molar-refractivity contribution in [1.29, 1.82) is 0 Å². The van der Waals surface area contributed by atoms with Crippen LogP contribution >= 0.6 is 62.0 Å². The van der Waals surface area contributed by atoms with Crippen LogP contribution in [0.15, 0.2) is 0 Å². The zero-order valence-corrected chi connectivity index (χ0v) is 19.1. The summed E-state index contributed by atoms with van der Waals surface area (Å²) in [5.74, 6) is 0. The highest BCUT2D eigenvalue weighted by atomic mass is 35.5. The van der Waals surface area contributed by atoms with E-state index in [1.807, 2.05) is 0 Å². The SMILES string of the molecule is CCNCCCNCCC(N)CNCCCNCC.Cl.Cl.Cl.Cl.Cl. The second kappa shape index (κ2) is 35.4. The molecule has 10 heteroatoms. The summed E-state index contributed by atoms with van der Waals surface area (Å²) in [6, 6.07) is 0.264. The van der Waals surface area contributed by atoms with Gasteiger partial charge in [-0.3, -0.25) is 0 Å². The van der Waals surface area contributed by atoms with Gasteiger partial charge in [-0.05, 0) is 65.1 Å². The molecule has 0 fully saturated rings. The minimum Gasteiger partial charge on any atom is -0.327 e. The summed E-state index contributed by atoms with van der Waals surface area (Å²) in [4.78, 5) is 0. The van der Waals surface area contributed by atoms with Crippen molar-refractivity contribution in [3.8, 4) is 0 Å². The van der Waals surface area contributed by atoms with Gasteiger partial charge < -0.3 is 27.0 Å². The lowest BCUT2D eigenvalue weighted by atomic mass is 10.2. The number of halogens is 5. The van der Waals surface area contributed by atoms with Gasteiger partial charge in [0.2, 0.25) is 0 Å².